The Kier molecular flexibility index (Phi) is 8.19. The molecule has 0 aromatic carbocycles. The molecule has 0 spiro atoms. The fourth-order valence-electron chi connectivity index (χ4n) is 4.70. The number of ether oxygens (including phenoxy) is 1. The van der Waals surface area contributed by atoms with Gasteiger partial charge in [0, 0.05) is 31.1 Å². The van der Waals surface area contributed by atoms with Crippen molar-refractivity contribution in [2.45, 2.75) is 45.7 Å². The number of amidine groups is 2. The highest BCUT2D eigenvalue weighted by atomic mass is 32.1. The summed E-state index contributed by atoms with van der Waals surface area (Å²) >= 11 is 1.43. The van der Waals surface area contributed by atoms with Gasteiger partial charge in [-0.2, -0.15) is 13.2 Å². The van der Waals surface area contributed by atoms with Crippen molar-refractivity contribution in [3.63, 3.8) is 0 Å². The number of nitrogens with one attached hydrogen (secondary N) is 2. The molecule has 2 saturated heterocycles. The van der Waals surface area contributed by atoms with Crippen molar-refractivity contribution in [1.82, 2.24) is 19.8 Å². The molecule has 38 heavy (non-hydrogen) atoms. The molecule has 0 saturated carbocycles. The zero-order valence-corrected chi connectivity index (χ0v) is 22.0. The van der Waals surface area contributed by atoms with Gasteiger partial charge in [-0.05, 0) is 32.3 Å². The quantitative estimate of drug-likeness (QED) is 0.317. The van der Waals surface area contributed by atoms with Crippen LogP contribution in [0.3, 0.4) is 0 Å². The van der Waals surface area contributed by atoms with Crippen LogP contribution < -0.4 is 4.90 Å². The lowest BCUT2D eigenvalue weighted by atomic mass is 9.98. The Labute approximate surface area is 221 Å². The maximum Gasteiger partial charge on any atom is 0.449 e. The summed E-state index contributed by atoms with van der Waals surface area (Å²) in [5.74, 6) is -2.84. The number of piperidine rings is 1. The van der Waals surface area contributed by atoms with E-state index in [0.29, 0.717) is 40.3 Å². The van der Waals surface area contributed by atoms with Crippen molar-refractivity contribution in [2.24, 2.45) is 5.92 Å². The van der Waals surface area contributed by atoms with E-state index < -0.39 is 23.8 Å². The van der Waals surface area contributed by atoms with Crippen LogP contribution >= 0.6 is 11.3 Å². The highest BCUT2D eigenvalue weighted by molar-refractivity contribution is 7.18. The zero-order chi connectivity index (χ0) is 27.6. The Morgan fingerprint density at radius 1 is 1.21 bits per heavy atom. The fourth-order valence-corrected chi connectivity index (χ4v) is 5.82. The lowest BCUT2D eigenvalue weighted by Crippen LogP contribution is -2.55. The number of likely N-dealkylation sites (tertiary alicyclic amines) is 1. The van der Waals surface area contributed by atoms with E-state index in [2.05, 4.69) is 9.97 Å². The van der Waals surface area contributed by atoms with E-state index >= 15 is 0 Å². The number of nitrogens with zero attached hydrogens (tertiary/aromatic N) is 5. The molecule has 10 nitrogen and oxygen atoms in total. The number of hydrogen-bond acceptors (Lipinski definition) is 9. The highest BCUT2D eigenvalue weighted by Gasteiger charge is 2.41. The Bertz CT molecular complexity index is 1250. The van der Waals surface area contributed by atoms with Crippen LogP contribution in [0, 0.1) is 16.7 Å². The Morgan fingerprint density at radius 3 is 2.63 bits per heavy atom. The van der Waals surface area contributed by atoms with Gasteiger partial charge in [0.05, 0.1) is 24.5 Å². The molecule has 2 N–H and O–H groups in total. The number of aromatic nitrogens is 2. The number of anilines is 1. The van der Waals surface area contributed by atoms with Crippen molar-refractivity contribution < 1.29 is 27.5 Å². The van der Waals surface area contributed by atoms with Crippen molar-refractivity contribution in [2.75, 3.05) is 44.2 Å². The molecule has 1 amide bonds. The fraction of sp³-hybridized carbons (Fsp3) is 0.583. The van der Waals surface area contributed by atoms with Crippen LogP contribution in [0.1, 0.15) is 48.6 Å². The molecule has 14 heteroatoms. The third-order valence-corrected chi connectivity index (χ3v) is 7.63. The number of alkyl halides is 3. The minimum atomic E-state index is -4.85. The zero-order valence-electron chi connectivity index (χ0n) is 21.2. The summed E-state index contributed by atoms with van der Waals surface area (Å²) in [6.45, 7) is 4.33. The summed E-state index contributed by atoms with van der Waals surface area (Å²) in [6, 6.07) is 1.93. The third-order valence-electron chi connectivity index (χ3n) is 6.54. The molecule has 1 atom stereocenters. The lowest BCUT2D eigenvalue weighted by Gasteiger charge is -2.37. The van der Waals surface area contributed by atoms with Gasteiger partial charge in [-0.3, -0.25) is 20.4 Å². The van der Waals surface area contributed by atoms with Crippen LogP contribution in [0.4, 0.5) is 19.0 Å². The van der Waals surface area contributed by atoms with Gasteiger partial charge in [-0.15, -0.1) is 11.3 Å². The van der Waals surface area contributed by atoms with Gasteiger partial charge in [0.15, 0.2) is 0 Å². The first-order valence-corrected chi connectivity index (χ1v) is 13.4. The van der Waals surface area contributed by atoms with E-state index in [9.17, 15) is 22.8 Å². The Hall–Kier alpha value is -3.29. The monoisotopic (exact) mass is 553 g/mol. The normalized spacial score (nSPS) is 18.7. The number of rotatable bonds is 6. The number of piperazine rings is 1. The van der Waals surface area contributed by atoms with Crippen LogP contribution in [0.25, 0.3) is 10.2 Å². The number of hydrogen-bond donors (Lipinski definition) is 2. The number of carbonyl (C=O) groups excluding carboxylic acids is 2. The third kappa shape index (κ3) is 5.74. The number of aryl methyl sites for hydroxylation is 1. The molecule has 2 aromatic rings. The maximum atomic E-state index is 13.5. The van der Waals surface area contributed by atoms with Crippen molar-refractivity contribution in [3.8, 4) is 0 Å². The molecule has 2 aromatic heterocycles. The SMILES string of the molecule is CCCc1cc2c(N3CCN(C(=N)C(F)(F)F)C(=N)C3)nc(C(=O)N3CCCC(C(=O)OCC)C3)nc2s1. The van der Waals surface area contributed by atoms with Crippen molar-refractivity contribution in [3.05, 3.63) is 16.8 Å². The van der Waals surface area contributed by atoms with Gasteiger partial charge >= 0.3 is 12.1 Å². The van der Waals surface area contributed by atoms with Crippen LogP contribution in [0.15, 0.2) is 6.07 Å². The predicted octanol–water partition coefficient (Wildman–Crippen LogP) is 3.70. The van der Waals surface area contributed by atoms with E-state index in [-0.39, 0.29) is 50.4 Å². The number of amides is 1. The van der Waals surface area contributed by atoms with E-state index in [1.54, 1.807) is 16.7 Å². The van der Waals surface area contributed by atoms with Crippen molar-refractivity contribution >= 4 is 50.9 Å². The first-order chi connectivity index (χ1) is 18.0. The first-order valence-electron chi connectivity index (χ1n) is 12.6. The number of thiophene rings is 1. The smallest absolute Gasteiger partial charge is 0.449 e. The average molecular weight is 554 g/mol. The molecule has 4 rings (SSSR count). The van der Waals surface area contributed by atoms with Gasteiger partial charge in [0.2, 0.25) is 11.7 Å². The van der Waals surface area contributed by atoms with Gasteiger partial charge in [0.1, 0.15) is 16.5 Å². The standard InChI is InChI=1S/C24H30F3N7O3S/c1-3-6-15-11-16-19(32-9-10-34(17(28)13-32)23(29)24(25,26)27)30-18(31-20(16)38-15)21(35)33-8-5-7-14(12-33)22(36)37-4-2/h11,14,28-29H,3-10,12-13H2,1-2H3. The van der Waals surface area contributed by atoms with E-state index in [0.717, 1.165) is 17.7 Å². The predicted molar refractivity (Wildman–Crippen MR) is 137 cm³/mol. The molecule has 2 aliphatic heterocycles. The van der Waals surface area contributed by atoms with Crippen LogP contribution in [0.2, 0.25) is 0 Å². The summed E-state index contributed by atoms with van der Waals surface area (Å²) in [7, 11) is 0. The molecule has 0 bridgehead atoms. The maximum absolute atomic E-state index is 13.5. The van der Waals surface area contributed by atoms with Gasteiger partial charge in [0.25, 0.3) is 5.91 Å². The number of carbonyl (C=O) groups is 2. The molecule has 206 valence electrons. The van der Waals surface area contributed by atoms with E-state index in [1.165, 1.54) is 11.3 Å². The second-order valence-corrected chi connectivity index (χ2v) is 10.4. The summed E-state index contributed by atoms with van der Waals surface area (Å²) in [5, 5.41) is 16.3. The largest absolute Gasteiger partial charge is 0.466 e. The average Bonchev–Trinajstić information content (AvgIpc) is 3.29. The summed E-state index contributed by atoms with van der Waals surface area (Å²) < 4.78 is 44.4. The number of fused-ring (bicyclic) bond motifs is 1. The lowest BCUT2D eigenvalue weighted by molar-refractivity contribution is -0.149. The van der Waals surface area contributed by atoms with E-state index in [1.807, 2.05) is 13.0 Å². The highest BCUT2D eigenvalue weighted by Crippen LogP contribution is 2.33. The topological polar surface area (TPSA) is 127 Å². The van der Waals surface area contributed by atoms with Gasteiger partial charge < -0.3 is 19.4 Å². The van der Waals surface area contributed by atoms with Gasteiger partial charge in [-0.1, -0.05) is 13.3 Å². The molecule has 4 heterocycles. The minimum absolute atomic E-state index is 0.0566. The molecule has 0 radical (unpaired) electrons. The van der Waals surface area contributed by atoms with Crippen LogP contribution in [-0.2, 0) is 16.0 Å². The van der Waals surface area contributed by atoms with E-state index in [4.69, 9.17) is 15.6 Å². The molecule has 0 aliphatic carbocycles. The second kappa shape index (κ2) is 11.2. The van der Waals surface area contributed by atoms with Crippen LogP contribution in [0.5, 0.6) is 0 Å². The molecular weight excluding hydrogens is 523 g/mol. The summed E-state index contributed by atoms with van der Waals surface area (Å²) in [5.41, 5.74) is 0. The Morgan fingerprint density at radius 2 is 1.97 bits per heavy atom. The van der Waals surface area contributed by atoms with Gasteiger partial charge in [-0.25, -0.2) is 9.97 Å². The first kappa shape index (κ1) is 27.7. The summed E-state index contributed by atoms with van der Waals surface area (Å²) in [6.07, 6.45) is -1.90. The molecule has 1 unspecified atom stereocenters. The molecule has 2 fully saturated rings. The summed E-state index contributed by atoms with van der Waals surface area (Å²) in [4.78, 5) is 40.3. The minimum Gasteiger partial charge on any atom is -0.466 e. The second-order valence-electron chi connectivity index (χ2n) is 9.26. The van der Waals surface area contributed by atoms with Crippen LogP contribution in [-0.4, -0.2) is 88.8 Å². The molecule has 2 aliphatic rings. The number of esters is 1. The van der Waals surface area contributed by atoms with Crippen molar-refractivity contribution in [1.29, 1.82) is 10.8 Å². The Balaban J connectivity index is 1.64. The molecular formula is C24H30F3N7O3S. The number of halogens is 3.